The summed E-state index contributed by atoms with van der Waals surface area (Å²) < 4.78 is 14.4. The molecule has 0 fully saturated rings. The lowest BCUT2D eigenvalue weighted by Gasteiger charge is -2.15. The van der Waals surface area contributed by atoms with Crippen LogP contribution in [0, 0.1) is 5.82 Å². The van der Waals surface area contributed by atoms with E-state index in [9.17, 15) is 4.39 Å². The van der Waals surface area contributed by atoms with Crippen molar-refractivity contribution in [3.63, 3.8) is 0 Å². The van der Waals surface area contributed by atoms with Gasteiger partial charge in [-0.15, -0.1) is 11.6 Å². The van der Waals surface area contributed by atoms with E-state index in [1.807, 2.05) is 0 Å². The van der Waals surface area contributed by atoms with E-state index in [1.165, 1.54) is 6.07 Å². The number of rotatable bonds is 2. The highest BCUT2D eigenvalue weighted by atomic mass is 79.9. The largest absolute Gasteiger partial charge is 0.207 e. The molecule has 0 aliphatic heterocycles. The van der Waals surface area contributed by atoms with Crippen LogP contribution >= 0.6 is 50.7 Å². The van der Waals surface area contributed by atoms with Crippen LogP contribution in [0.1, 0.15) is 16.5 Å². The highest BCUT2D eigenvalue weighted by Gasteiger charge is 2.20. The van der Waals surface area contributed by atoms with Crippen LogP contribution in [0.4, 0.5) is 4.39 Å². The molecular formula is C13H7BrCl3F. The van der Waals surface area contributed by atoms with Gasteiger partial charge in [-0.3, -0.25) is 0 Å². The lowest BCUT2D eigenvalue weighted by molar-refractivity contribution is 0.611. The predicted octanol–water partition coefficient (Wildman–Crippen LogP) is 6.22. The fourth-order valence-electron chi connectivity index (χ4n) is 1.62. The molecule has 2 aromatic rings. The van der Waals surface area contributed by atoms with Crippen LogP contribution in [0.2, 0.25) is 10.0 Å². The van der Waals surface area contributed by atoms with E-state index in [-0.39, 0.29) is 5.82 Å². The molecule has 0 nitrogen and oxygen atoms in total. The summed E-state index contributed by atoms with van der Waals surface area (Å²) in [6, 6.07) is 9.63. The van der Waals surface area contributed by atoms with Crippen LogP contribution in [-0.2, 0) is 0 Å². The van der Waals surface area contributed by atoms with Crippen molar-refractivity contribution >= 4 is 50.7 Å². The highest BCUT2D eigenvalue weighted by Crippen LogP contribution is 2.39. The molecule has 94 valence electrons. The maximum atomic E-state index is 13.8. The first-order valence-corrected chi connectivity index (χ1v) is 7.02. The zero-order valence-electron chi connectivity index (χ0n) is 8.93. The van der Waals surface area contributed by atoms with Gasteiger partial charge in [0.1, 0.15) is 5.82 Å². The Morgan fingerprint density at radius 1 is 1.11 bits per heavy atom. The van der Waals surface area contributed by atoms with E-state index in [2.05, 4.69) is 15.9 Å². The van der Waals surface area contributed by atoms with Crippen molar-refractivity contribution in [2.75, 3.05) is 0 Å². The molecule has 0 saturated heterocycles. The Kier molecular flexibility index (Phi) is 4.54. The second-order valence-electron chi connectivity index (χ2n) is 3.66. The monoisotopic (exact) mass is 366 g/mol. The maximum absolute atomic E-state index is 13.8. The van der Waals surface area contributed by atoms with Crippen LogP contribution in [0.15, 0.2) is 40.9 Å². The summed E-state index contributed by atoms with van der Waals surface area (Å²) in [5.41, 5.74) is 0.931. The number of alkyl halides is 1. The summed E-state index contributed by atoms with van der Waals surface area (Å²) in [6.45, 7) is 0. The Hall–Kier alpha value is -0.280. The van der Waals surface area contributed by atoms with Gasteiger partial charge in [0.05, 0.1) is 5.38 Å². The van der Waals surface area contributed by atoms with E-state index in [0.29, 0.717) is 25.6 Å². The van der Waals surface area contributed by atoms with Gasteiger partial charge in [-0.1, -0.05) is 45.2 Å². The molecule has 1 unspecified atom stereocenters. The smallest absolute Gasteiger partial charge is 0.129 e. The first-order chi connectivity index (χ1) is 8.50. The molecule has 0 saturated carbocycles. The molecule has 1 atom stereocenters. The minimum atomic E-state index is -0.702. The average Bonchev–Trinajstić information content (AvgIpc) is 2.32. The zero-order chi connectivity index (χ0) is 13.3. The third kappa shape index (κ3) is 2.83. The third-order valence-electron chi connectivity index (χ3n) is 2.48. The topological polar surface area (TPSA) is 0 Å². The quantitative estimate of drug-likeness (QED) is 0.552. The molecule has 18 heavy (non-hydrogen) atoms. The van der Waals surface area contributed by atoms with E-state index < -0.39 is 5.38 Å². The fraction of sp³-hybridized carbons (Fsp3) is 0.0769. The number of halogens is 5. The van der Waals surface area contributed by atoms with Gasteiger partial charge in [0.2, 0.25) is 0 Å². The van der Waals surface area contributed by atoms with E-state index in [1.54, 1.807) is 30.3 Å². The number of benzene rings is 2. The summed E-state index contributed by atoms with van der Waals surface area (Å²) in [5, 5.41) is 0.258. The summed E-state index contributed by atoms with van der Waals surface area (Å²) in [5.74, 6) is -0.389. The van der Waals surface area contributed by atoms with Gasteiger partial charge >= 0.3 is 0 Å². The normalized spacial score (nSPS) is 12.5. The van der Waals surface area contributed by atoms with Gasteiger partial charge in [0.15, 0.2) is 0 Å². The Labute approximate surface area is 128 Å². The maximum Gasteiger partial charge on any atom is 0.129 e. The highest BCUT2D eigenvalue weighted by molar-refractivity contribution is 9.10. The number of hydrogen-bond acceptors (Lipinski definition) is 0. The number of hydrogen-bond donors (Lipinski definition) is 0. The van der Waals surface area contributed by atoms with Crippen LogP contribution < -0.4 is 0 Å². The Morgan fingerprint density at radius 3 is 2.50 bits per heavy atom. The fourth-order valence-corrected chi connectivity index (χ4v) is 3.19. The Bertz CT molecular complexity index is 566. The standard InChI is InChI=1S/C13H7BrCl3F/c14-9-2-1-3-11(18)12(9)13(17)8-6-7(15)4-5-10(8)16/h1-6,13H. The van der Waals surface area contributed by atoms with Crippen molar-refractivity contribution in [2.45, 2.75) is 5.38 Å². The lowest BCUT2D eigenvalue weighted by atomic mass is 10.0. The minimum absolute atomic E-state index is 0.350. The van der Waals surface area contributed by atoms with E-state index in [0.717, 1.165) is 0 Å². The van der Waals surface area contributed by atoms with E-state index >= 15 is 0 Å². The van der Waals surface area contributed by atoms with Crippen molar-refractivity contribution in [3.8, 4) is 0 Å². The van der Waals surface area contributed by atoms with Crippen LogP contribution in [0.5, 0.6) is 0 Å². The summed E-state index contributed by atoms with van der Waals surface area (Å²) in [6.07, 6.45) is 0. The predicted molar refractivity (Wildman–Crippen MR) is 78.3 cm³/mol. The molecule has 0 N–H and O–H groups in total. The molecular weight excluding hydrogens is 361 g/mol. The minimum Gasteiger partial charge on any atom is -0.207 e. The average molecular weight is 368 g/mol. The first-order valence-electron chi connectivity index (χ1n) is 5.03. The Balaban J connectivity index is 2.54. The molecule has 0 aliphatic carbocycles. The molecule has 0 spiro atoms. The molecule has 0 heterocycles. The second-order valence-corrected chi connectivity index (χ2v) is 5.80. The molecule has 0 amide bonds. The van der Waals surface area contributed by atoms with Crippen molar-refractivity contribution in [1.82, 2.24) is 0 Å². The van der Waals surface area contributed by atoms with Gasteiger partial charge in [-0.25, -0.2) is 4.39 Å². The van der Waals surface area contributed by atoms with Crippen molar-refractivity contribution in [3.05, 3.63) is 67.9 Å². The molecule has 0 bridgehead atoms. The van der Waals surface area contributed by atoms with Crippen molar-refractivity contribution in [1.29, 1.82) is 0 Å². The molecule has 5 heteroatoms. The first kappa shape index (κ1) is 14.1. The molecule has 0 aromatic heterocycles. The Morgan fingerprint density at radius 2 is 1.83 bits per heavy atom. The van der Waals surface area contributed by atoms with Gasteiger partial charge in [-0.2, -0.15) is 0 Å². The van der Waals surface area contributed by atoms with Crippen LogP contribution in [0.25, 0.3) is 0 Å². The summed E-state index contributed by atoms with van der Waals surface area (Å²) in [4.78, 5) is 0. The van der Waals surface area contributed by atoms with E-state index in [4.69, 9.17) is 34.8 Å². The summed E-state index contributed by atoms with van der Waals surface area (Å²) in [7, 11) is 0. The third-order valence-corrected chi connectivity index (χ3v) is 4.21. The summed E-state index contributed by atoms with van der Waals surface area (Å²) >= 11 is 21.6. The van der Waals surface area contributed by atoms with Crippen LogP contribution in [0.3, 0.4) is 0 Å². The van der Waals surface area contributed by atoms with Gasteiger partial charge < -0.3 is 0 Å². The lowest BCUT2D eigenvalue weighted by Crippen LogP contribution is -1.99. The van der Waals surface area contributed by atoms with Crippen molar-refractivity contribution < 1.29 is 4.39 Å². The van der Waals surface area contributed by atoms with Gasteiger partial charge in [0, 0.05) is 20.1 Å². The molecule has 2 rings (SSSR count). The SMILES string of the molecule is Fc1cccc(Br)c1C(Cl)c1cc(Cl)ccc1Cl. The molecule has 0 aliphatic rings. The van der Waals surface area contributed by atoms with Gasteiger partial charge in [0.25, 0.3) is 0 Å². The second kappa shape index (κ2) is 5.79. The molecule has 0 radical (unpaired) electrons. The zero-order valence-corrected chi connectivity index (χ0v) is 12.8. The van der Waals surface area contributed by atoms with Gasteiger partial charge in [-0.05, 0) is 35.9 Å². The van der Waals surface area contributed by atoms with Crippen LogP contribution in [-0.4, -0.2) is 0 Å². The molecule has 2 aromatic carbocycles. The van der Waals surface area contributed by atoms with Crippen molar-refractivity contribution in [2.24, 2.45) is 0 Å².